The van der Waals surface area contributed by atoms with E-state index in [0.717, 1.165) is 0 Å². The van der Waals surface area contributed by atoms with Crippen LogP contribution in [0.15, 0.2) is 11.6 Å². The molecule has 0 saturated heterocycles. The number of aliphatic carboxylic acids is 1. The Labute approximate surface area is 76.2 Å². The zero-order valence-electron chi connectivity index (χ0n) is 7.47. The Balaban J connectivity index is 4.26. The highest BCUT2D eigenvalue weighted by molar-refractivity contribution is 7.52. The van der Waals surface area contributed by atoms with E-state index >= 15 is 0 Å². The molecule has 3 N–H and O–H groups in total. The minimum Gasteiger partial charge on any atom is -0.478 e. The first-order chi connectivity index (χ1) is 5.75. The summed E-state index contributed by atoms with van der Waals surface area (Å²) in [6.07, 6.45) is 1.38. The second kappa shape index (κ2) is 4.56. The first-order valence-corrected chi connectivity index (χ1v) is 5.38. The summed E-state index contributed by atoms with van der Waals surface area (Å²) in [6, 6.07) is 0. The Morgan fingerprint density at radius 1 is 1.54 bits per heavy atom. The predicted octanol–water partition coefficient (Wildman–Crippen LogP) is 0.974. The molecule has 0 aromatic carbocycles. The molecule has 76 valence electrons. The van der Waals surface area contributed by atoms with E-state index in [9.17, 15) is 9.36 Å². The van der Waals surface area contributed by atoms with Crippen LogP contribution in [0.25, 0.3) is 0 Å². The Bertz CT molecular complexity index is 264. The highest BCUT2D eigenvalue weighted by Crippen LogP contribution is 2.42. The molecule has 0 aromatic rings. The van der Waals surface area contributed by atoms with Crippen LogP contribution in [0.2, 0.25) is 0 Å². The number of hydrogen-bond donors (Lipinski definition) is 3. The second-order valence-corrected chi connectivity index (χ2v) is 4.93. The van der Waals surface area contributed by atoms with Gasteiger partial charge < -0.3 is 14.9 Å². The van der Waals surface area contributed by atoms with Gasteiger partial charge in [0.05, 0.1) is 5.66 Å². The van der Waals surface area contributed by atoms with Crippen LogP contribution in [-0.4, -0.2) is 26.5 Å². The molecule has 0 spiro atoms. The summed E-state index contributed by atoms with van der Waals surface area (Å²) in [5.41, 5.74) is -0.734. The molecule has 0 heterocycles. The first kappa shape index (κ1) is 12.4. The smallest absolute Gasteiger partial charge is 0.330 e. The lowest BCUT2D eigenvalue weighted by atomic mass is 10.2. The SMILES string of the molecule is C/C(=C\CC(C)P(=O)(O)O)C(=O)O. The molecular weight excluding hydrogens is 195 g/mol. The summed E-state index contributed by atoms with van der Waals surface area (Å²) < 4.78 is 10.6. The molecule has 13 heavy (non-hydrogen) atoms. The van der Waals surface area contributed by atoms with E-state index in [1.165, 1.54) is 19.9 Å². The molecule has 1 unspecified atom stereocenters. The van der Waals surface area contributed by atoms with E-state index in [4.69, 9.17) is 14.9 Å². The van der Waals surface area contributed by atoms with Gasteiger partial charge in [-0.1, -0.05) is 13.0 Å². The number of allylic oxidation sites excluding steroid dienone is 1. The number of hydrogen-bond acceptors (Lipinski definition) is 2. The zero-order valence-corrected chi connectivity index (χ0v) is 8.36. The normalized spacial score (nSPS) is 15.5. The minimum atomic E-state index is -4.08. The van der Waals surface area contributed by atoms with Crippen LogP contribution < -0.4 is 0 Å². The van der Waals surface area contributed by atoms with Crippen LogP contribution in [0.3, 0.4) is 0 Å². The van der Waals surface area contributed by atoms with Gasteiger partial charge in [-0.3, -0.25) is 4.57 Å². The third-order valence-corrected chi connectivity index (χ3v) is 3.04. The molecule has 0 aliphatic heterocycles. The van der Waals surface area contributed by atoms with Crippen LogP contribution in [0, 0.1) is 0 Å². The van der Waals surface area contributed by atoms with Crippen LogP contribution >= 0.6 is 7.60 Å². The van der Waals surface area contributed by atoms with Crippen molar-refractivity contribution in [3.05, 3.63) is 11.6 Å². The van der Waals surface area contributed by atoms with Crippen molar-refractivity contribution >= 4 is 13.6 Å². The topological polar surface area (TPSA) is 94.8 Å². The van der Waals surface area contributed by atoms with Crippen molar-refractivity contribution in [3.63, 3.8) is 0 Å². The lowest BCUT2D eigenvalue weighted by Crippen LogP contribution is -2.03. The highest BCUT2D eigenvalue weighted by atomic mass is 31.2. The summed E-state index contributed by atoms with van der Waals surface area (Å²) in [6.45, 7) is 2.77. The Morgan fingerprint density at radius 2 is 2.00 bits per heavy atom. The molecule has 0 radical (unpaired) electrons. The minimum absolute atomic E-state index is 0.0718. The molecule has 0 saturated carbocycles. The van der Waals surface area contributed by atoms with Crippen LogP contribution in [0.1, 0.15) is 20.3 Å². The van der Waals surface area contributed by atoms with Crippen molar-refractivity contribution in [3.8, 4) is 0 Å². The largest absolute Gasteiger partial charge is 0.478 e. The molecule has 0 aliphatic rings. The highest BCUT2D eigenvalue weighted by Gasteiger charge is 2.22. The molecular formula is C7H13O5P. The third-order valence-electron chi connectivity index (χ3n) is 1.68. The predicted molar refractivity (Wildman–Crippen MR) is 47.5 cm³/mol. The number of carboxylic acid groups (broad SMARTS) is 1. The summed E-state index contributed by atoms with van der Waals surface area (Å²) in [4.78, 5) is 27.6. The molecule has 6 heteroatoms. The molecule has 0 bridgehead atoms. The molecule has 5 nitrogen and oxygen atoms in total. The number of carboxylic acids is 1. The van der Waals surface area contributed by atoms with E-state index in [0.29, 0.717) is 0 Å². The molecule has 0 aromatic heterocycles. The average Bonchev–Trinajstić information content (AvgIpc) is 1.97. The van der Waals surface area contributed by atoms with Gasteiger partial charge in [-0.05, 0) is 13.3 Å². The maximum atomic E-state index is 10.6. The molecule has 0 amide bonds. The molecule has 1 atom stereocenters. The average molecular weight is 208 g/mol. The molecule has 0 rings (SSSR count). The summed E-state index contributed by atoms with van der Waals surface area (Å²) >= 11 is 0. The standard InChI is InChI=1S/C7H13O5P/c1-5(7(8)9)3-4-6(2)13(10,11)12/h3,6H,4H2,1-2H3,(H,8,9)(H2,10,11,12)/b5-3+. The summed E-state index contributed by atoms with van der Waals surface area (Å²) in [5.74, 6) is -1.07. The number of rotatable bonds is 4. The molecule has 0 fully saturated rings. The van der Waals surface area contributed by atoms with E-state index in [2.05, 4.69) is 0 Å². The van der Waals surface area contributed by atoms with Crippen molar-refractivity contribution in [1.29, 1.82) is 0 Å². The fraction of sp³-hybridized carbons (Fsp3) is 0.571. The Morgan fingerprint density at radius 3 is 2.31 bits per heavy atom. The van der Waals surface area contributed by atoms with Gasteiger partial charge in [0.15, 0.2) is 0 Å². The number of carbonyl (C=O) groups is 1. The molecule has 0 aliphatic carbocycles. The van der Waals surface area contributed by atoms with E-state index in [1.807, 2.05) is 0 Å². The van der Waals surface area contributed by atoms with Gasteiger partial charge in [0.1, 0.15) is 0 Å². The maximum absolute atomic E-state index is 10.6. The Hall–Kier alpha value is -0.640. The van der Waals surface area contributed by atoms with Crippen molar-refractivity contribution in [2.45, 2.75) is 25.9 Å². The van der Waals surface area contributed by atoms with E-state index in [-0.39, 0.29) is 12.0 Å². The van der Waals surface area contributed by atoms with Gasteiger partial charge >= 0.3 is 13.6 Å². The maximum Gasteiger partial charge on any atom is 0.330 e. The monoisotopic (exact) mass is 208 g/mol. The van der Waals surface area contributed by atoms with Gasteiger partial charge in [0, 0.05) is 5.57 Å². The first-order valence-electron chi connectivity index (χ1n) is 3.70. The van der Waals surface area contributed by atoms with Crippen LogP contribution in [0.5, 0.6) is 0 Å². The van der Waals surface area contributed by atoms with Gasteiger partial charge in [-0.25, -0.2) is 4.79 Å². The van der Waals surface area contributed by atoms with E-state index in [1.54, 1.807) is 0 Å². The van der Waals surface area contributed by atoms with E-state index < -0.39 is 19.2 Å². The fourth-order valence-corrected chi connectivity index (χ4v) is 0.952. The Kier molecular flexibility index (Phi) is 4.33. The van der Waals surface area contributed by atoms with Gasteiger partial charge in [0.25, 0.3) is 0 Å². The van der Waals surface area contributed by atoms with Crippen molar-refractivity contribution in [2.75, 3.05) is 0 Å². The van der Waals surface area contributed by atoms with Crippen LogP contribution in [-0.2, 0) is 9.36 Å². The lowest BCUT2D eigenvalue weighted by molar-refractivity contribution is -0.132. The quantitative estimate of drug-likeness (QED) is 0.472. The van der Waals surface area contributed by atoms with Crippen LogP contribution in [0.4, 0.5) is 0 Å². The second-order valence-electron chi connectivity index (χ2n) is 2.87. The van der Waals surface area contributed by atoms with Crippen molar-refractivity contribution < 1.29 is 24.3 Å². The van der Waals surface area contributed by atoms with Gasteiger partial charge in [-0.2, -0.15) is 0 Å². The third kappa shape index (κ3) is 4.83. The van der Waals surface area contributed by atoms with Gasteiger partial charge in [0.2, 0.25) is 0 Å². The van der Waals surface area contributed by atoms with Crippen molar-refractivity contribution in [1.82, 2.24) is 0 Å². The summed E-state index contributed by atoms with van der Waals surface area (Å²) in [5, 5.41) is 8.44. The van der Waals surface area contributed by atoms with Gasteiger partial charge in [-0.15, -0.1) is 0 Å². The lowest BCUT2D eigenvalue weighted by Gasteiger charge is -2.10. The van der Waals surface area contributed by atoms with Crippen molar-refractivity contribution in [2.24, 2.45) is 0 Å². The zero-order chi connectivity index (χ0) is 10.6. The fourth-order valence-electron chi connectivity index (χ4n) is 0.572. The summed E-state index contributed by atoms with van der Waals surface area (Å²) in [7, 11) is -4.08.